The molecule has 1 aromatic carbocycles. The van der Waals surface area contributed by atoms with Crippen LogP contribution in [0.3, 0.4) is 0 Å². The van der Waals surface area contributed by atoms with E-state index in [-0.39, 0.29) is 23.0 Å². The van der Waals surface area contributed by atoms with Gasteiger partial charge in [0.2, 0.25) is 0 Å². The third-order valence-electron chi connectivity index (χ3n) is 3.57. The zero-order valence-electron chi connectivity index (χ0n) is 13.0. The van der Waals surface area contributed by atoms with Crippen molar-refractivity contribution in [2.24, 2.45) is 5.92 Å². The smallest absolute Gasteiger partial charge is 0.168 e. The van der Waals surface area contributed by atoms with Gasteiger partial charge in [0.25, 0.3) is 0 Å². The van der Waals surface area contributed by atoms with Gasteiger partial charge in [-0.05, 0) is 38.7 Å². The van der Waals surface area contributed by atoms with Crippen molar-refractivity contribution in [2.75, 3.05) is 0 Å². The average molecular weight is 285 g/mol. The first-order chi connectivity index (χ1) is 9.85. The number of carbonyl (C=O) groups is 2. The lowest BCUT2D eigenvalue weighted by Crippen LogP contribution is -2.34. The van der Waals surface area contributed by atoms with Gasteiger partial charge in [-0.15, -0.1) is 0 Å². The van der Waals surface area contributed by atoms with Crippen LogP contribution in [0.15, 0.2) is 42.1 Å². The van der Waals surface area contributed by atoms with Gasteiger partial charge in [-0.1, -0.05) is 30.3 Å². The molecule has 21 heavy (non-hydrogen) atoms. The van der Waals surface area contributed by atoms with E-state index in [1.54, 1.807) is 6.20 Å². The third-order valence-corrected chi connectivity index (χ3v) is 3.57. The lowest BCUT2D eigenvalue weighted by atomic mass is 9.81. The minimum absolute atomic E-state index is 0.0380. The van der Waals surface area contributed by atoms with Crippen molar-refractivity contribution in [1.82, 2.24) is 5.32 Å². The van der Waals surface area contributed by atoms with E-state index in [0.717, 1.165) is 6.42 Å². The topological polar surface area (TPSA) is 46.2 Å². The van der Waals surface area contributed by atoms with Crippen LogP contribution in [-0.4, -0.2) is 17.1 Å². The molecule has 0 spiro atoms. The second-order valence-corrected chi connectivity index (χ2v) is 6.76. The lowest BCUT2D eigenvalue weighted by Gasteiger charge is -2.24. The van der Waals surface area contributed by atoms with E-state index in [1.807, 2.05) is 51.1 Å². The highest BCUT2D eigenvalue weighted by Gasteiger charge is 2.30. The second-order valence-electron chi connectivity index (χ2n) is 6.76. The summed E-state index contributed by atoms with van der Waals surface area (Å²) in [4.78, 5) is 24.4. The summed E-state index contributed by atoms with van der Waals surface area (Å²) in [7, 11) is 0. The number of ketones is 2. The molecule has 0 saturated heterocycles. The minimum atomic E-state index is -0.144. The van der Waals surface area contributed by atoms with E-state index < -0.39 is 0 Å². The molecule has 1 aliphatic carbocycles. The van der Waals surface area contributed by atoms with Crippen LogP contribution >= 0.6 is 0 Å². The summed E-state index contributed by atoms with van der Waals surface area (Å²) >= 11 is 0. The second kappa shape index (κ2) is 6.25. The molecular weight excluding hydrogens is 262 g/mol. The number of hydrogen-bond acceptors (Lipinski definition) is 3. The predicted molar refractivity (Wildman–Crippen MR) is 83.9 cm³/mol. The summed E-state index contributed by atoms with van der Waals surface area (Å²) in [6.07, 6.45) is 3.30. The van der Waals surface area contributed by atoms with Gasteiger partial charge in [0, 0.05) is 24.6 Å². The number of allylic oxidation sites excluding steroid dienone is 1. The SMILES string of the molecule is CC(C)(C)NC=C1C(=O)CC(Cc2ccccc2)CC1=O. The first-order valence-electron chi connectivity index (χ1n) is 7.43. The first kappa shape index (κ1) is 15.5. The molecule has 0 unspecified atom stereocenters. The molecular formula is C18H23NO2. The molecule has 0 bridgehead atoms. The highest BCUT2D eigenvalue weighted by molar-refractivity contribution is 6.21. The Kier molecular flexibility index (Phi) is 4.61. The van der Waals surface area contributed by atoms with Crippen LogP contribution in [-0.2, 0) is 16.0 Å². The van der Waals surface area contributed by atoms with Gasteiger partial charge in [0.05, 0.1) is 5.57 Å². The zero-order valence-corrected chi connectivity index (χ0v) is 13.0. The predicted octanol–water partition coefficient (Wildman–Crippen LogP) is 3.05. The summed E-state index contributed by atoms with van der Waals surface area (Å²) in [6, 6.07) is 10.0. The van der Waals surface area contributed by atoms with Crippen LogP contribution in [0.5, 0.6) is 0 Å². The van der Waals surface area contributed by atoms with Crippen molar-refractivity contribution < 1.29 is 9.59 Å². The molecule has 0 radical (unpaired) electrons. The number of Topliss-reactive ketones (excluding diaryl/α,β-unsaturated/α-hetero) is 2. The van der Waals surface area contributed by atoms with Crippen LogP contribution in [0.2, 0.25) is 0 Å². The standard InChI is InChI=1S/C18H23NO2/c1-18(2,3)19-12-15-16(20)10-14(11-17(15)21)9-13-7-5-4-6-8-13/h4-8,12,14,19H,9-11H2,1-3H3. The maximum absolute atomic E-state index is 12.2. The quantitative estimate of drug-likeness (QED) is 0.686. The molecule has 2 rings (SSSR count). The molecule has 1 fully saturated rings. The molecule has 3 nitrogen and oxygen atoms in total. The Bertz CT molecular complexity index is 532. The van der Waals surface area contributed by atoms with Gasteiger partial charge in [0.1, 0.15) is 0 Å². The van der Waals surface area contributed by atoms with Crippen LogP contribution in [0.1, 0.15) is 39.2 Å². The van der Waals surface area contributed by atoms with E-state index in [4.69, 9.17) is 0 Å². The fourth-order valence-corrected chi connectivity index (χ4v) is 2.51. The summed E-state index contributed by atoms with van der Waals surface area (Å²) < 4.78 is 0. The number of hydrogen-bond donors (Lipinski definition) is 1. The number of rotatable bonds is 3. The van der Waals surface area contributed by atoms with Gasteiger partial charge in [0.15, 0.2) is 11.6 Å². The van der Waals surface area contributed by atoms with Gasteiger partial charge in [-0.25, -0.2) is 0 Å². The van der Waals surface area contributed by atoms with Crippen LogP contribution < -0.4 is 5.32 Å². The fraction of sp³-hybridized carbons (Fsp3) is 0.444. The van der Waals surface area contributed by atoms with E-state index in [1.165, 1.54) is 5.56 Å². The van der Waals surface area contributed by atoms with Crippen molar-refractivity contribution in [3.05, 3.63) is 47.7 Å². The van der Waals surface area contributed by atoms with Crippen molar-refractivity contribution in [2.45, 2.75) is 45.6 Å². The fourth-order valence-electron chi connectivity index (χ4n) is 2.51. The Labute approximate surface area is 126 Å². The summed E-state index contributed by atoms with van der Waals surface area (Å²) in [5, 5.41) is 3.11. The number of benzene rings is 1. The van der Waals surface area contributed by atoms with Crippen molar-refractivity contribution >= 4 is 11.6 Å². The molecule has 0 aromatic heterocycles. The number of nitrogens with one attached hydrogen (secondary N) is 1. The Morgan fingerprint density at radius 1 is 1.10 bits per heavy atom. The van der Waals surface area contributed by atoms with Gasteiger partial charge in [-0.2, -0.15) is 0 Å². The maximum atomic E-state index is 12.2. The van der Waals surface area contributed by atoms with E-state index >= 15 is 0 Å². The molecule has 0 heterocycles. The van der Waals surface area contributed by atoms with Gasteiger partial charge < -0.3 is 5.32 Å². The minimum Gasteiger partial charge on any atom is -0.386 e. The largest absolute Gasteiger partial charge is 0.386 e. The van der Waals surface area contributed by atoms with Crippen molar-refractivity contribution in [3.8, 4) is 0 Å². The molecule has 3 heteroatoms. The van der Waals surface area contributed by atoms with Gasteiger partial charge >= 0.3 is 0 Å². The summed E-state index contributed by atoms with van der Waals surface area (Å²) in [5.41, 5.74) is 1.37. The molecule has 1 saturated carbocycles. The third kappa shape index (κ3) is 4.55. The van der Waals surface area contributed by atoms with Crippen LogP contribution in [0.4, 0.5) is 0 Å². The summed E-state index contributed by atoms with van der Waals surface area (Å²) in [5.74, 6) is 0.0482. The number of carbonyl (C=O) groups excluding carboxylic acids is 2. The maximum Gasteiger partial charge on any atom is 0.168 e. The molecule has 1 N–H and O–H groups in total. The summed E-state index contributed by atoms with van der Waals surface area (Å²) in [6.45, 7) is 6.00. The Hall–Kier alpha value is -1.90. The van der Waals surface area contributed by atoms with Gasteiger partial charge in [-0.3, -0.25) is 9.59 Å². The normalized spacial score (nSPS) is 19.6. The lowest BCUT2D eigenvalue weighted by molar-refractivity contribution is -0.125. The van der Waals surface area contributed by atoms with Crippen molar-refractivity contribution in [1.29, 1.82) is 0 Å². The average Bonchev–Trinajstić information content (AvgIpc) is 2.37. The molecule has 112 valence electrons. The van der Waals surface area contributed by atoms with Crippen molar-refractivity contribution in [3.63, 3.8) is 0 Å². The molecule has 0 amide bonds. The monoisotopic (exact) mass is 285 g/mol. The Morgan fingerprint density at radius 2 is 1.67 bits per heavy atom. The van der Waals surface area contributed by atoms with Crippen LogP contribution in [0, 0.1) is 5.92 Å². The Morgan fingerprint density at radius 3 is 2.19 bits per heavy atom. The molecule has 0 aliphatic heterocycles. The molecule has 1 aromatic rings. The van der Waals surface area contributed by atoms with E-state index in [2.05, 4.69) is 5.32 Å². The van der Waals surface area contributed by atoms with E-state index in [9.17, 15) is 9.59 Å². The zero-order chi connectivity index (χ0) is 15.5. The highest BCUT2D eigenvalue weighted by atomic mass is 16.1. The molecule has 1 aliphatic rings. The first-order valence-corrected chi connectivity index (χ1v) is 7.43. The molecule has 0 atom stereocenters. The Balaban J connectivity index is 2.02. The highest BCUT2D eigenvalue weighted by Crippen LogP contribution is 2.26. The van der Waals surface area contributed by atoms with E-state index in [0.29, 0.717) is 18.4 Å². The van der Waals surface area contributed by atoms with Crippen LogP contribution in [0.25, 0.3) is 0 Å².